The lowest BCUT2D eigenvalue weighted by atomic mass is 9.84. The first kappa shape index (κ1) is 82.8. The smallest absolute Gasteiger partial charge is 0.364 e. The van der Waals surface area contributed by atoms with E-state index in [4.69, 9.17) is 47.4 Å². The molecule has 20 N–H and O–H groups in total. The van der Waals surface area contributed by atoms with Gasteiger partial charge in [0.05, 0.1) is 62.7 Å². The minimum absolute atomic E-state index is 0.0159. The molecule has 0 aliphatic carbocycles. The van der Waals surface area contributed by atoms with Gasteiger partial charge in [0.25, 0.3) is 11.6 Å². The van der Waals surface area contributed by atoms with Crippen LogP contribution in [-0.2, 0) is 80.9 Å². The van der Waals surface area contributed by atoms with Crippen molar-refractivity contribution < 1.29 is 168 Å². The molecule has 0 saturated carbocycles. The summed E-state index contributed by atoms with van der Waals surface area (Å²) in [5.41, 5.74) is 0. The SMILES string of the molecule is CNC(=O)CCCCCN1C(=O)CC(SCCC(=O)NCCCCCO[C@@H]2OC(CO)[C@H](O)[C@H](O[C@@H]3OC(CO[C@]4(C(=O)O)C[C@@H](O)[C@@H](C)C([C@H](O)[C@H](O)CO)O4)[C@@H](O)[C@H](O[C@@H]4OC(CO)[C@H](O)[C@H](O[C@@]5(C(=O)O)CC(O)[C@H](C)C([C@H](O)[C@H](O)CO)O5)C4O)C3NC(C)=O)C2O)C1=O. The molecule has 38 nitrogen and oxygen atoms in total. The number of amides is 5. The number of aliphatic hydroxyl groups is 15. The van der Waals surface area contributed by atoms with Crippen LogP contribution in [0.5, 0.6) is 0 Å². The van der Waals surface area contributed by atoms with Gasteiger partial charge in [-0.1, -0.05) is 20.3 Å². The summed E-state index contributed by atoms with van der Waals surface area (Å²) in [6.07, 6.45) is -43.1. The third-order valence-electron chi connectivity index (χ3n) is 18.3. The molecule has 0 spiro atoms. The van der Waals surface area contributed by atoms with Crippen LogP contribution in [0.4, 0.5) is 0 Å². The standard InChI is InChI=1S/C59H98N4O34S/c1-25-28(69)18-58(56(84)85,95-47(25)40(76)30(71)20-64)89-24-34-44(80)49(93-55-46(82)51(43(79)33(23-67)91-55)97-59(57(86)87)19-29(70)26(2)48(96-59)41(77)31(72)21-65)39(62-27(3)68)53(92-34)94-50-42(78)32(22-66)90-54(45(50)81)88-15-10-6-8-13-61-37(74)12-16-98-35-17-38(75)63(52(35)83)14-9-5-7-11-36(73)60-4/h25-26,28-35,39-51,53-55,64-67,69-72,76-82H,5-24H2,1-4H3,(H,60,73)(H,61,74)(H,62,68)(H,84,85)(H,86,87)/t25-,26+,28-,29?,30-,31-,32?,33?,34?,35?,39?,40-,41-,42+,43+,44-,45?,46?,47?,48?,49-,50+,51+,53+,54-,55+,58-,59-/m1/s1. The number of hydrogen-bond donors (Lipinski definition) is 20. The maximum atomic E-state index is 13.2. The highest BCUT2D eigenvalue weighted by atomic mass is 32.2. The summed E-state index contributed by atoms with van der Waals surface area (Å²) in [6, 6.07) is -1.98. The van der Waals surface area contributed by atoms with E-state index < -0.39 is 233 Å². The number of carbonyl (C=O) groups excluding carboxylic acids is 5. The van der Waals surface area contributed by atoms with E-state index in [1.807, 2.05) is 0 Å². The Kier molecular flexibility index (Phi) is 32.0. The molecule has 39 heteroatoms. The number of thioether (sulfide) groups is 1. The zero-order valence-electron chi connectivity index (χ0n) is 54.6. The molecule has 0 bridgehead atoms. The topological polar surface area (TPSA) is 595 Å². The van der Waals surface area contributed by atoms with Gasteiger partial charge in [0.1, 0.15) is 97.6 Å². The number of nitrogens with zero attached hydrogens (tertiary/aromatic N) is 1. The second-order valence-corrected chi connectivity index (χ2v) is 26.6. The van der Waals surface area contributed by atoms with Crippen molar-refractivity contribution in [2.75, 3.05) is 65.5 Å². The Labute approximate surface area is 566 Å². The van der Waals surface area contributed by atoms with Gasteiger partial charge in [-0.2, -0.15) is 0 Å². The Morgan fingerprint density at radius 2 is 1.17 bits per heavy atom. The van der Waals surface area contributed by atoms with Gasteiger partial charge in [-0.3, -0.25) is 28.9 Å². The molecule has 0 aromatic rings. The first-order chi connectivity index (χ1) is 46.3. The van der Waals surface area contributed by atoms with Crippen molar-refractivity contribution in [2.24, 2.45) is 11.8 Å². The van der Waals surface area contributed by atoms with Crippen LogP contribution >= 0.6 is 11.8 Å². The minimum atomic E-state index is -3.13. The van der Waals surface area contributed by atoms with Gasteiger partial charge in [-0.05, 0) is 32.1 Å². The van der Waals surface area contributed by atoms with Crippen LogP contribution in [0.1, 0.15) is 91.4 Å². The molecule has 6 aliphatic heterocycles. The van der Waals surface area contributed by atoms with Crippen LogP contribution in [0.15, 0.2) is 0 Å². The third-order valence-corrected chi connectivity index (χ3v) is 19.5. The fourth-order valence-electron chi connectivity index (χ4n) is 12.3. The number of likely N-dealkylation sites (tertiary alicyclic amines) is 1. The number of ether oxygens (including phenoxy) is 10. The highest BCUT2D eigenvalue weighted by Gasteiger charge is 2.61. The van der Waals surface area contributed by atoms with E-state index >= 15 is 0 Å². The quantitative estimate of drug-likeness (QED) is 0.0203. The highest BCUT2D eigenvalue weighted by Crippen LogP contribution is 2.42. The zero-order valence-corrected chi connectivity index (χ0v) is 55.4. The van der Waals surface area contributed by atoms with Crippen LogP contribution in [0.25, 0.3) is 0 Å². The zero-order chi connectivity index (χ0) is 72.7. The van der Waals surface area contributed by atoms with Gasteiger partial charge in [0.15, 0.2) is 18.9 Å². The van der Waals surface area contributed by atoms with Gasteiger partial charge in [-0.25, -0.2) is 9.59 Å². The molecule has 10 unspecified atom stereocenters. The normalized spacial score (nSPS) is 38.2. The summed E-state index contributed by atoms with van der Waals surface area (Å²) < 4.78 is 59.0. The molecule has 98 heavy (non-hydrogen) atoms. The lowest BCUT2D eigenvalue weighted by Crippen LogP contribution is -2.71. The van der Waals surface area contributed by atoms with Gasteiger partial charge in [0, 0.05) is 83.4 Å². The number of aliphatic hydroxyl groups excluding tert-OH is 15. The van der Waals surface area contributed by atoms with Gasteiger partial charge < -0.3 is 150 Å². The van der Waals surface area contributed by atoms with Crippen LogP contribution in [0.2, 0.25) is 0 Å². The van der Waals surface area contributed by atoms with Crippen molar-refractivity contribution in [1.82, 2.24) is 20.9 Å². The molecule has 6 heterocycles. The summed E-state index contributed by atoms with van der Waals surface area (Å²) in [5.74, 6) is -14.1. The van der Waals surface area contributed by atoms with Gasteiger partial charge >= 0.3 is 11.9 Å². The first-order valence-corrected chi connectivity index (χ1v) is 33.5. The lowest BCUT2D eigenvalue weighted by Gasteiger charge is -2.51. The van der Waals surface area contributed by atoms with Crippen molar-refractivity contribution in [1.29, 1.82) is 0 Å². The maximum absolute atomic E-state index is 13.2. The Balaban J connectivity index is 1.19. The third kappa shape index (κ3) is 20.4. The van der Waals surface area contributed by atoms with Crippen LogP contribution in [-0.4, -0.2) is 356 Å². The molecule has 0 aromatic heterocycles. The highest BCUT2D eigenvalue weighted by molar-refractivity contribution is 8.00. The molecule has 6 aliphatic rings. The molecule has 0 aromatic carbocycles. The van der Waals surface area contributed by atoms with Crippen LogP contribution < -0.4 is 16.0 Å². The second-order valence-electron chi connectivity index (χ2n) is 25.3. The maximum Gasteiger partial charge on any atom is 0.364 e. The Morgan fingerprint density at radius 1 is 0.643 bits per heavy atom. The van der Waals surface area contributed by atoms with E-state index in [9.17, 15) is 120 Å². The average Bonchev–Trinajstić information content (AvgIpc) is 0.814. The van der Waals surface area contributed by atoms with Crippen molar-refractivity contribution in [3.8, 4) is 0 Å². The fourth-order valence-corrected chi connectivity index (χ4v) is 13.4. The molecule has 6 rings (SSSR count). The summed E-state index contributed by atoms with van der Waals surface area (Å²) in [6.45, 7) is -1.55. The fraction of sp³-hybridized carbons (Fsp3) is 0.881. The number of unbranched alkanes of at least 4 members (excludes halogenated alkanes) is 4. The predicted octanol–water partition coefficient (Wildman–Crippen LogP) is -8.95. The van der Waals surface area contributed by atoms with E-state index in [2.05, 4.69) is 16.0 Å². The van der Waals surface area contributed by atoms with Crippen molar-refractivity contribution in [3.63, 3.8) is 0 Å². The molecule has 564 valence electrons. The Bertz CT molecular complexity index is 2590. The van der Waals surface area contributed by atoms with E-state index in [0.717, 1.165) is 6.92 Å². The molecule has 6 saturated heterocycles. The summed E-state index contributed by atoms with van der Waals surface area (Å²) >= 11 is 1.21. The van der Waals surface area contributed by atoms with Gasteiger partial charge in [0.2, 0.25) is 29.5 Å². The molecule has 5 amide bonds. The van der Waals surface area contributed by atoms with E-state index in [1.54, 1.807) is 7.05 Å². The number of imide groups is 1. The number of carboxylic acids is 2. The summed E-state index contributed by atoms with van der Waals surface area (Å²) in [4.78, 5) is 90.4. The summed E-state index contributed by atoms with van der Waals surface area (Å²) in [5, 5.41) is 193. The molecule has 28 atom stereocenters. The van der Waals surface area contributed by atoms with E-state index in [0.29, 0.717) is 38.5 Å². The molecule has 6 fully saturated rings. The molecule has 0 radical (unpaired) electrons. The summed E-state index contributed by atoms with van der Waals surface area (Å²) in [7, 11) is 1.54. The number of nitrogens with one attached hydrogen (secondary N) is 3. The number of carbonyl (C=O) groups is 7. The van der Waals surface area contributed by atoms with E-state index in [1.165, 1.54) is 30.5 Å². The number of hydrogen-bond acceptors (Lipinski definition) is 33. The minimum Gasteiger partial charge on any atom is -0.477 e. The molecular formula is C59H98N4O34S. The van der Waals surface area contributed by atoms with Crippen molar-refractivity contribution in [3.05, 3.63) is 0 Å². The predicted molar refractivity (Wildman–Crippen MR) is 324 cm³/mol. The first-order valence-electron chi connectivity index (χ1n) is 32.5. The number of aliphatic carboxylic acids is 2. The van der Waals surface area contributed by atoms with E-state index in [-0.39, 0.29) is 68.3 Å². The van der Waals surface area contributed by atoms with Crippen LogP contribution in [0.3, 0.4) is 0 Å². The number of carboxylic acid groups (broad SMARTS) is 2. The Morgan fingerprint density at radius 3 is 1.74 bits per heavy atom. The second kappa shape index (κ2) is 37.8. The van der Waals surface area contributed by atoms with Crippen molar-refractivity contribution in [2.45, 2.75) is 249 Å². The largest absolute Gasteiger partial charge is 0.477 e. The van der Waals surface area contributed by atoms with Crippen molar-refractivity contribution >= 4 is 53.2 Å². The molecular weight excluding hydrogens is 1340 g/mol. The van der Waals surface area contributed by atoms with Gasteiger partial charge in [-0.15, -0.1) is 11.8 Å². The average molecular weight is 1440 g/mol. The van der Waals surface area contributed by atoms with Crippen LogP contribution in [0, 0.1) is 11.8 Å². The number of rotatable bonds is 37. The lowest BCUT2D eigenvalue weighted by molar-refractivity contribution is -0.389. The Hall–Kier alpha value is -4.16. The monoisotopic (exact) mass is 1440 g/mol.